The van der Waals surface area contributed by atoms with Gasteiger partial charge in [-0.2, -0.15) is 10.4 Å². The van der Waals surface area contributed by atoms with Crippen LogP contribution in [0, 0.1) is 31.0 Å². The number of halogens is 1. The lowest BCUT2D eigenvalue weighted by Gasteiger charge is -2.04. The average Bonchev–Trinajstić information content (AvgIpc) is 2.88. The molecule has 0 radical (unpaired) electrons. The third kappa shape index (κ3) is 2.95. The molecule has 118 valence electrons. The van der Waals surface area contributed by atoms with Crippen LogP contribution in [-0.2, 0) is 0 Å². The fourth-order valence-corrected chi connectivity index (χ4v) is 2.53. The van der Waals surface area contributed by atoms with Gasteiger partial charge in [0.25, 0.3) is 0 Å². The van der Waals surface area contributed by atoms with Gasteiger partial charge in [0.05, 0.1) is 22.6 Å². The van der Waals surface area contributed by atoms with Crippen LogP contribution >= 0.6 is 0 Å². The van der Waals surface area contributed by atoms with E-state index in [9.17, 15) is 9.65 Å². The highest BCUT2D eigenvalue weighted by molar-refractivity contribution is 5.89. The minimum Gasteiger partial charge on any atom is -0.256 e. The van der Waals surface area contributed by atoms with E-state index < -0.39 is 0 Å². The minimum atomic E-state index is -0.290. The summed E-state index contributed by atoms with van der Waals surface area (Å²) in [5, 5.41) is 14.0. The Kier molecular flexibility index (Phi) is 4.21. The fourth-order valence-electron chi connectivity index (χ4n) is 2.53. The normalized spacial score (nSPS) is 11.3. The number of rotatable bonds is 3. The number of aromatic nitrogens is 3. The lowest BCUT2D eigenvalue weighted by molar-refractivity contribution is 0.627. The zero-order valence-electron chi connectivity index (χ0n) is 13.4. The maximum Gasteiger partial charge on any atom is 0.123 e. The molecule has 1 aromatic carbocycles. The lowest BCUT2D eigenvalue weighted by Crippen LogP contribution is -1.99. The van der Waals surface area contributed by atoms with Crippen molar-refractivity contribution in [1.29, 1.82) is 5.26 Å². The second kappa shape index (κ2) is 6.47. The quantitative estimate of drug-likeness (QED) is 0.684. The van der Waals surface area contributed by atoms with Gasteiger partial charge >= 0.3 is 0 Å². The van der Waals surface area contributed by atoms with E-state index in [-0.39, 0.29) is 5.82 Å². The summed E-state index contributed by atoms with van der Waals surface area (Å²) < 4.78 is 14.9. The number of aryl methyl sites for hydroxylation is 1. The molecule has 2 heterocycles. The summed E-state index contributed by atoms with van der Waals surface area (Å²) >= 11 is 0. The lowest BCUT2D eigenvalue weighted by atomic mass is 10.1. The minimum absolute atomic E-state index is 0.290. The largest absolute Gasteiger partial charge is 0.256 e. The van der Waals surface area contributed by atoms with Gasteiger partial charge < -0.3 is 0 Å². The van der Waals surface area contributed by atoms with Crippen molar-refractivity contribution < 1.29 is 4.39 Å². The predicted octanol–water partition coefficient (Wildman–Crippen LogP) is 4.09. The van der Waals surface area contributed by atoms with Crippen LogP contribution in [0.1, 0.15) is 22.6 Å². The number of nitriles is 1. The first-order chi connectivity index (χ1) is 11.6. The Balaban J connectivity index is 2.08. The maximum atomic E-state index is 13.1. The Morgan fingerprint density at radius 1 is 1.17 bits per heavy atom. The van der Waals surface area contributed by atoms with Gasteiger partial charge in [0, 0.05) is 17.5 Å². The van der Waals surface area contributed by atoms with Crippen molar-refractivity contribution in [2.75, 3.05) is 0 Å². The van der Waals surface area contributed by atoms with E-state index >= 15 is 0 Å². The van der Waals surface area contributed by atoms with Crippen LogP contribution in [0.25, 0.3) is 17.3 Å². The molecular weight excluding hydrogens is 303 g/mol. The Morgan fingerprint density at radius 3 is 2.54 bits per heavy atom. The molecule has 4 nitrogen and oxygen atoms in total. The number of hydrogen-bond donors (Lipinski definition) is 0. The second-order valence-electron chi connectivity index (χ2n) is 5.36. The van der Waals surface area contributed by atoms with Crippen molar-refractivity contribution in [1.82, 2.24) is 14.8 Å². The molecule has 0 saturated heterocycles. The van der Waals surface area contributed by atoms with Crippen molar-refractivity contribution in [2.45, 2.75) is 13.8 Å². The molecular formula is C19H15FN4. The van der Waals surface area contributed by atoms with Gasteiger partial charge in [-0.3, -0.25) is 4.98 Å². The number of hydrogen-bond acceptors (Lipinski definition) is 3. The van der Waals surface area contributed by atoms with Crippen molar-refractivity contribution in [3.05, 3.63) is 77.1 Å². The van der Waals surface area contributed by atoms with Gasteiger partial charge in [0.2, 0.25) is 0 Å². The Bertz CT molecular complexity index is 932. The molecule has 0 bridgehead atoms. The van der Waals surface area contributed by atoms with E-state index in [2.05, 4.69) is 16.2 Å². The summed E-state index contributed by atoms with van der Waals surface area (Å²) in [7, 11) is 0. The van der Waals surface area contributed by atoms with Crippen molar-refractivity contribution in [3.8, 4) is 11.8 Å². The van der Waals surface area contributed by atoms with Gasteiger partial charge in [-0.15, -0.1) is 0 Å². The van der Waals surface area contributed by atoms with Gasteiger partial charge in [-0.05, 0) is 56.3 Å². The first-order valence-corrected chi connectivity index (χ1v) is 7.45. The zero-order valence-corrected chi connectivity index (χ0v) is 13.4. The first-order valence-electron chi connectivity index (χ1n) is 7.45. The van der Waals surface area contributed by atoms with Crippen LogP contribution in [0.3, 0.4) is 0 Å². The predicted molar refractivity (Wildman–Crippen MR) is 90.7 cm³/mol. The molecule has 0 aliphatic carbocycles. The highest BCUT2D eigenvalue weighted by Crippen LogP contribution is 2.23. The summed E-state index contributed by atoms with van der Waals surface area (Å²) in [4.78, 5) is 4.22. The van der Waals surface area contributed by atoms with E-state index in [0.29, 0.717) is 11.3 Å². The van der Waals surface area contributed by atoms with E-state index in [4.69, 9.17) is 0 Å². The first kappa shape index (κ1) is 15.6. The zero-order chi connectivity index (χ0) is 17.1. The molecule has 0 saturated carbocycles. The highest BCUT2D eigenvalue weighted by Gasteiger charge is 2.13. The van der Waals surface area contributed by atoms with Crippen LogP contribution in [0.4, 0.5) is 4.39 Å². The van der Waals surface area contributed by atoms with E-state index in [1.54, 1.807) is 35.2 Å². The third-order valence-electron chi connectivity index (χ3n) is 3.77. The molecule has 0 aliphatic heterocycles. The molecule has 0 atom stereocenters. The summed E-state index contributed by atoms with van der Waals surface area (Å²) in [6.45, 7) is 3.80. The Labute approximate surface area is 139 Å². The number of pyridine rings is 1. The van der Waals surface area contributed by atoms with Crippen LogP contribution in [0.15, 0.2) is 48.7 Å². The molecule has 0 unspecified atom stereocenters. The second-order valence-corrected chi connectivity index (χ2v) is 5.36. The van der Waals surface area contributed by atoms with Gasteiger partial charge in [-0.25, -0.2) is 9.07 Å². The molecule has 3 aromatic rings. The SMILES string of the molecule is Cc1nn(-c2ccc(F)cc2)c(C)c1/C=C(/C#N)c1ccccn1. The molecule has 0 fully saturated rings. The standard InChI is InChI=1S/C19H15FN4/c1-13-18(11-15(12-21)19-5-3-4-10-22-19)14(2)24(23-13)17-8-6-16(20)7-9-17/h3-11H,1-2H3/b15-11-. The molecule has 5 heteroatoms. The van der Waals surface area contributed by atoms with E-state index in [0.717, 1.165) is 22.6 Å². The fraction of sp³-hybridized carbons (Fsp3) is 0.105. The van der Waals surface area contributed by atoms with Gasteiger partial charge in [-0.1, -0.05) is 6.07 Å². The number of nitrogens with zero attached hydrogens (tertiary/aromatic N) is 4. The third-order valence-corrected chi connectivity index (χ3v) is 3.77. The van der Waals surface area contributed by atoms with Crippen LogP contribution in [0.5, 0.6) is 0 Å². The topological polar surface area (TPSA) is 54.5 Å². The molecule has 24 heavy (non-hydrogen) atoms. The van der Waals surface area contributed by atoms with Crippen LogP contribution in [-0.4, -0.2) is 14.8 Å². The molecule has 0 aliphatic rings. The van der Waals surface area contributed by atoms with Gasteiger partial charge in [0.1, 0.15) is 11.9 Å². The summed E-state index contributed by atoms with van der Waals surface area (Å²) in [6, 6.07) is 13.8. The number of allylic oxidation sites excluding steroid dienone is 1. The summed E-state index contributed by atoms with van der Waals surface area (Å²) in [5.41, 5.74) is 4.40. The monoisotopic (exact) mass is 318 g/mol. The summed E-state index contributed by atoms with van der Waals surface area (Å²) in [5.74, 6) is -0.290. The molecule has 0 spiro atoms. The average molecular weight is 318 g/mol. The molecule has 0 N–H and O–H groups in total. The van der Waals surface area contributed by atoms with Gasteiger partial charge in [0.15, 0.2) is 0 Å². The van der Waals surface area contributed by atoms with Crippen molar-refractivity contribution in [2.24, 2.45) is 0 Å². The highest BCUT2D eigenvalue weighted by atomic mass is 19.1. The van der Waals surface area contributed by atoms with E-state index in [1.165, 1.54) is 12.1 Å². The Morgan fingerprint density at radius 2 is 1.92 bits per heavy atom. The smallest absolute Gasteiger partial charge is 0.123 e. The van der Waals surface area contributed by atoms with Crippen LogP contribution < -0.4 is 0 Å². The molecule has 0 amide bonds. The summed E-state index contributed by atoms with van der Waals surface area (Å²) in [6.07, 6.45) is 3.45. The number of benzene rings is 1. The maximum absolute atomic E-state index is 13.1. The molecule has 3 rings (SSSR count). The van der Waals surface area contributed by atoms with Crippen LogP contribution in [0.2, 0.25) is 0 Å². The van der Waals surface area contributed by atoms with E-state index in [1.807, 2.05) is 26.0 Å². The van der Waals surface area contributed by atoms with Crippen molar-refractivity contribution >= 4 is 11.6 Å². The molecule has 2 aromatic heterocycles. The van der Waals surface area contributed by atoms with Crippen molar-refractivity contribution in [3.63, 3.8) is 0 Å². The Hall–Kier alpha value is -3.26.